The molecule has 1 heterocycles. The van der Waals surface area contributed by atoms with Crippen LogP contribution in [-0.4, -0.2) is 34.2 Å². The van der Waals surface area contributed by atoms with Crippen LogP contribution in [0.25, 0.3) is 0 Å². The maximum atomic E-state index is 12.3. The molecule has 21 heavy (non-hydrogen) atoms. The van der Waals surface area contributed by atoms with Gasteiger partial charge in [-0.2, -0.15) is 0 Å². The van der Waals surface area contributed by atoms with Crippen molar-refractivity contribution in [2.24, 2.45) is 0 Å². The number of nitrogens with zero attached hydrogens (tertiary/aromatic N) is 3. The monoisotopic (exact) mass is 339 g/mol. The van der Waals surface area contributed by atoms with E-state index in [1.807, 2.05) is 37.3 Å². The molecule has 0 atom stereocenters. The van der Waals surface area contributed by atoms with Gasteiger partial charge in [-0.3, -0.25) is 4.79 Å². The summed E-state index contributed by atoms with van der Waals surface area (Å²) < 4.78 is 1.81. The molecule has 4 nitrogen and oxygen atoms in total. The van der Waals surface area contributed by atoms with Crippen molar-refractivity contribution in [3.63, 3.8) is 0 Å². The summed E-state index contributed by atoms with van der Waals surface area (Å²) in [7, 11) is 0. The Morgan fingerprint density at radius 3 is 2.43 bits per heavy atom. The lowest BCUT2D eigenvalue weighted by atomic mass is 10.3. The van der Waals surface area contributed by atoms with Gasteiger partial charge in [0.2, 0.25) is 5.91 Å². The van der Waals surface area contributed by atoms with Crippen molar-refractivity contribution in [1.82, 2.24) is 10.2 Å². The molecule has 1 aromatic carbocycles. The van der Waals surface area contributed by atoms with Gasteiger partial charge >= 0.3 is 0 Å². The molecule has 0 saturated carbocycles. The second-order valence-corrected chi connectivity index (χ2v) is 7.74. The topological polar surface area (TPSA) is 46.1 Å². The summed E-state index contributed by atoms with van der Waals surface area (Å²) in [6, 6.07) is 9.74. The highest BCUT2D eigenvalue weighted by molar-refractivity contribution is 8.03. The highest BCUT2D eigenvalue weighted by Gasteiger charge is 2.15. The Morgan fingerprint density at radius 2 is 1.81 bits per heavy atom. The van der Waals surface area contributed by atoms with E-state index in [0.29, 0.717) is 12.3 Å². The largest absolute Gasteiger partial charge is 0.312 e. The molecule has 0 unspecified atom stereocenters. The smallest absolute Gasteiger partial charge is 0.237 e. The highest BCUT2D eigenvalue weighted by Crippen LogP contribution is 2.29. The van der Waals surface area contributed by atoms with Gasteiger partial charge in [-0.25, -0.2) is 0 Å². The van der Waals surface area contributed by atoms with Crippen LogP contribution in [0, 0.1) is 0 Å². The maximum absolute atomic E-state index is 12.3. The molecular formula is C14H17N3OS3. The highest BCUT2D eigenvalue weighted by atomic mass is 32.2. The average molecular weight is 340 g/mol. The summed E-state index contributed by atoms with van der Waals surface area (Å²) in [5.74, 6) is 1.46. The number of carbonyl (C=O) groups is 1. The lowest BCUT2D eigenvalue weighted by molar-refractivity contribution is -0.116. The van der Waals surface area contributed by atoms with Gasteiger partial charge in [-0.05, 0) is 24.8 Å². The minimum absolute atomic E-state index is 0.0913. The molecule has 0 aliphatic heterocycles. The zero-order valence-electron chi connectivity index (χ0n) is 12.0. The van der Waals surface area contributed by atoms with E-state index in [1.54, 1.807) is 28.0 Å². The summed E-state index contributed by atoms with van der Waals surface area (Å²) >= 11 is 4.68. The number of amides is 1. The Labute approximate surface area is 137 Å². The number of aromatic nitrogens is 2. The van der Waals surface area contributed by atoms with Gasteiger partial charge in [0.25, 0.3) is 0 Å². The minimum atomic E-state index is 0.0913. The molecule has 0 spiro atoms. The first-order valence-corrected chi connectivity index (χ1v) is 9.47. The number of hydrogen-bond acceptors (Lipinski definition) is 6. The van der Waals surface area contributed by atoms with Crippen LogP contribution in [0.1, 0.15) is 13.8 Å². The van der Waals surface area contributed by atoms with Gasteiger partial charge in [0.1, 0.15) is 0 Å². The molecule has 0 radical (unpaired) electrons. The quantitative estimate of drug-likeness (QED) is 0.718. The molecule has 1 aromatic heterocycles. The van der Waals surface area contributed by atoms with Crippen LogP contribution >= 0.6 is 34.9 Å². The van der Waals surface area contributed by atoms with E-state index in [9.17, 15) is 4.79 Å². The zero-order chi connectivity index (χ0) is 15.1. The third kappa shape index (κ3) is 4.72. The fourth-order valence-corrected chi connectivity index (χ4v) is 4.54. The Balaban J connectivity index is 1.93. The van der Waals surface area contributed by atoms with Crippen LogP contribution in [0.15, 0.2) is 39.0 Å². The molecule has 0 bridgehead atoms. The average Bonchev–Trinajstić information content (AvgIpc) is 2.95. The number of anilines is 1. The molecule has 0 saturated heterocycles. The van der Waals surface area contributed by atoms with Crippen LogP contribution in [0.4, 0.5) is 5.69 Å². The Bertz CT molecular complexity index is 574. The minimum Gasteiger partial charge on any atom is -0.312 e. The van der Waals surface area contributed by atoms with E-state index in [2.05, 4.69) is 17.1 Å². The van der Waals surface area contributed by atoms with Crippen molar-refractivity contribution in [3.05, 3.63) is 30.3 Å². The van der Waals surface area contributed by atoms with Crippen molar-refractivity contribution in [1.29, 1.82) is 0 Å². The molecular weight excluding hydrogens is 322 g/mol. The molecule has 112 valence electrons. The number of para-hydroxylation sites is 1. The van der Waals surface area contributed by atoms with Crippen LogP contribution < -0.4 is 4.90 Å². The van der Waals surface area contributed by atoms with Crippen LogP contribution in [-0.2, 0) is 4.79 Å². The molecule has 0 fully saturated rings. The predicted octanol–water partition coefficient (Wildman–Crippen LogP) is 3.80. The van der Waals surface area contributed by atoms with Gasteiger partial charge in [0, 0.05) is 12.2 Å². The van der Waals surface area contributed by atoms with E-state index in [-0.39, 0.29) is 5.91 Å². The van der Waals surface area contributed by atoms with Crippen molar-refractivity contribution < 1.29 is 4.79 Å². The summed E-state index contributed by atoms with van der Waals surface area (Å²) in [5.41, 5.74) is 0.935. The molecule has 1 amide bonds. The standard InChI is InChI=1S/C14H17N3OS3/c1-3-17(11-8-6-5-7-9-11)12(18)10-20-14-16-15-13(21-14)19-4-2/h5-9H,3-4,10H2,1-2H3. The first-order chi connectivity index (χ1) is 10.2. The van der Waals surface area contributed by atoms with E-state index in [0.717, 1.165) is 20.1 Å². The molecule has 0 aliphatic rings. The maximum Gasteiger partial charge on any atom is 0.237 e. The van der Waals surface area contributed by atoms with Gasteiger partial charge in [0.15, 0.2) is 8.68 Å². The Morgan fingerprint density at radius 1 is 1.14 bits per heavy atom. The number of thioether (sulfide) groups is 2. The number of carbonyl (C=O) groups excluding carboxylic acids is 1. The predicted molar refractivity (Wildman–Crippen MR) is 91.5 cm³/mol. The molecule has 2 aromatic rings. The van der Waals surface area contributed by atoms with Crippen LogP contribution in [0.5, 0.6) is 0 Å². The first kappa shape index (κ1) is 16.3. The number of benzene rings is 1. The lowest BCUT2D eigenvalue weighted by Gasteiger charge is -2.20. The van der Waals surface area contributed by atoms with Crippen molar-refractivity contribution in [2.45, 2.75) is 22.5 Å². The summed E-state index contributed by atoms with van der Waals surface area (Å²) in [6.45, 7) is 4.73. The molecule has 0 aliphatic carbocycles. The SMILES string of the molecule is CCSc1nnc(SCC(=O)N(CC)c2ccccc2)s1. The Hall–Kier alpha value is -1.05. The van der Waals surface area contributed by atoms with Gasteiger partial charge < -0.3 is 4.90 Å². The first-order valence-electron chi connectivity index (χ1n) is 6.69. The second-order valence-electron chi connectivity index (χ2n) is 4.03. The molecule has 7 heteroatoms. The van der Waals surface area contributed by atoms with Crippen molar-refractivity contribution in [3.8, 4) is 0 Å². The van der Waals surface area contributed by atoms with E-state index in [4.69, 9.17) is 0 Å². The third-order valence-electron chi connectivity index (χ3n) is 2.66. The fourth-order valence-electron chi connectivity index (χ4n) is 1.75. The van der Waals surface area contributed by atoms with Gasteiger partial charge in [-0.15, -0.1) is 10.2 Å². The molecule has 0 N–H and O–H groups in total. The van der Waals surface area contributed by atoms with E-state index in [1.165, 1.54) is 11.8 Å². The number of rotatable bonds is 7. The lowest BCUT2D eigenvalue weighted by Crippen LogP contribution is -2.32. The third-order valence-corrected chi connectivity index (χ3v) is 5.72. The fraction of sp³-hybridized carbons (Fsp3) is 0.357. The number of hydrogen-bond donors (Lipinski definition) is 0. The summed E-state index contributed by atoms with van der Waals surface area (Å²) in [4.78, 5) is 14.1. The second kappa shape index (κ2) is 8.41. The Kier molecular flexibility index (Phi) is 6.53. The summed E-state index contributed by atoms with van der Waals surface area (Å²) in [6.07, 6.45) is 0. The van der Waals surface area contributed by atoms with Crippen molar-refractivity contribution >= 4 is 46.5 Å². The van der Waals surface area contributed by atoms with Gasteiger partial charge in [0.05, 0.1) is 5.75 Å². The zero-order valence-corrected chi connectivity index (χ0v) is 14.4. The van der Waals surface area contributed by atoms with Crippen molar-refractivity contribution in [2.75, 3.05) is 23.0 Å². The van der Waals surface area contributed by atoms with E-state index >= 15 is 0 Å². The molecule has 2 rings (SSSR count). The van der Waals surface area contributed by atoms with Gasteiger partial charge in [-0.1, -0.05) is 60.0 Å². The van der Waals surface area contributed by atoms with Crippen LogP contribution in [0.3, 0.4) is 0 Å². The normalized spacial score (nSPS) is 10.6. The van der Waals surface area contributed by atoms with E-state index < -0.39 is 0 Å². The summed E-state index contributed by atoms with van der Waals surface area (Å²) in [5, 5.41) is 8.20. The van der Waals surface area contributed by atoms with Crippen LogP contribution in [0.2, 0.25) is 0 Å².